The Labute approximate surface area is 133 Å². The Morgan fingerprint density at radius 3 is 2.30 bits per heavy atom. The first-order valence-electron chi connectivity index (χ1n) is 7.19. The molecule has 0 saturated heterocycles. The second-order valence-electron chi connectivity index (χ2n) is 4.84. The van der Waals surface area contributed by atoms with Crippen molar-refractivity contribution in [1.29, 1.82) is 0 Å². The van der Waals surface area contributed by atoms with Crippen LogP contribution in [0.25, 0.3) is 10.9 Å². The molecule has 7 nitrogen and oxygen atoms in total. The number of hydrogen-bond acceptors (Lipinski definition) is 7. The normalized spacial score (nSPS) is 10.6. The van der Waals surface area contributed by atoms with Crippen molar-refractivity contribution < 1.29 is 9.47 Å². The average molecular weight is 311 g/mol. The van der Waals surface area contributed by atoms with Gasteiger partial charge in [-0.2, -0.15) is 0 Å². The zero-order valence-corrected chi connectivity index (χ0v) is 13.2. The van der Waals surface area contributed by atoms with Gasteiger partial charge >= 0.3 is 0 Å². The molecule has 0 aliphatic carbocycles. The molecule has 0 aliphatic heterocycles. The van der Waals surface area contributed by atoms with Gasteiger partial charge in [-0.1, -0.05) is 6.92 Å². The molecule has 3 rings (SSSR count). The van der Waals surface area contributed by atoms with Crippen molar-refractivity contribution >= 4 is 22.7 Å². The molecular weight excluding hydrogens is 294 g/mol. The number of aromatic nitrogens is 4. The van der Waals surface area contributed by atoms with Gasteiger partial charge in [0.25, 0.3) is 0 Å². The summed E-state index contributed by atoms with van der Waals surface area (Å²) in [6.07, 6.45) is 5.97. The van der Waals surface area contributed by atoms with Crippen molar-refractivity contribution in [2.75, 3.05) is 19.5 Å². The highest BCUT2D eigenvalue weighted by atomic mass is 16.5. The Balaban J connectivity index is 2.02. The highest BCUT2D eigenvalue weighted by Gasteiger charge is 2.11. The molecule has 0 unspecified atom stereocenters. The quantitative estimate of drug-likeness (QED) is 0.775. The third-order valence-corrected chi connectivity index (χ3v) is 3.48. The molecule has 1 N–H and O–H groups in total. The van der Waals surface area contributed by atoms with Gasteiger partial charge in [-0.15, -0.1) is 0 Å². The first-order chi connectivity index (χ1) is 11.2. The predicted octanol–water partition coefficient (Wildman–Crippen LogP) is 2.74. The Hall–Kier alpha value is -2.96. The van der Waals surface area contributed by atoms with Crippen LogP contribution in [0.3, 0.4) is 0 Å². The van der Waals surface area contributed by atoms with Gasteiger partial charge in [0.15, 0.2) is 11.5 Å². The zero-order chi connectivity index (χ0) is 16.2. The third kappa shape index (κ3) is 2.98. The SMILES string of the molecule is CCc1cnc(Nc2ncnc3cc(OC)c(OC)cc23)nc1. The number of ether oxygens (including phenoxy) is 2. The third-order valence-electron chi connectivity index (χ3n) is 3.48. The topological polar surface area (TPSA) is 82.1 Å². The molecule has 0 amide bonds. The van der Waals surface area contributed by atoms with Crippen LogP contribution in [-0.4, -0.2) is 34.2 Å². The smallest absolute Gasteiger partial charge is 0.228 e. The molecule has 2 heterocycles. The maximum Gasteiger partial charge on any atom is 0.228 e. The van der Waals surface area contributed by atoms with Gasteiger partial charge in [0.1, 0.15) is 12.1 Å². The Kier molecular flexibility index (Phi) is 4.18. The fourth-order valence-corrected chi connectivity index (χ4v) is 2.19. The van der Waals surface area contributed by atoms with Crippen molar-refractivity contribution in [3.63, 3.8) is 0 Å². The number of rotatable bonds is 5. The standard InChI is InChI=1S/C16H17N5O2/c1-4-10-7-17-16(18-8-10)21-15-11-5-13(22-2)14(23-3)6-12(11)19-9-20-15/h5-9H,4H2,1-3H3,(H,17,18,19,20,21). The minimum atomic E-state index is 0.483. The molecule has 0 bridgehead atoms. The van der Waals surface area contributed by atoms with Crippen LogP contribution in [0.15, 0.2) is 30.9 Å². The van der Waals surface area contributed by atoms with Crippen LogP contribution in [-0.2, 0) is 6.42 Å². The van der Waals surface area contributed by atoms with E-state index in [0.29, 0.717) is 23.3 Å². The Bertz CT molecular complexity index is 821. The van der Waals surface area contributed by atoms with Gasteiger partial charge in [-0.25, -0.2) is 19.9 Å². The summed E-state index contributed by atoms with van der Waals surface area (Å²) in [5.41, 5.74) is 1.82. The fraction of sp³-hybridized carbons (Fsp3) is 0.250. The molecule has 0 aliphatic rings. The molecule has 0 radical (unpaired) electrons. The van der Waals surface area contributed by atoms with E-state index < -0.39 is 0 Å². The highest BCUT2D eigenvalue weighted by molar-refractivity contribution is 5.92. The molecule has 0 atom stereocenters. The van der Waals surface area contributed by atoms with Crippen LogP contribution in [0.1, 0.15) is 12.5 Å². The minimum Gasteiger partial charge on any atom is -0.493 e. The van der Waals surface area contributed by atoms with Crippen molar-refractivity contribution in [3.05, 3.63) is 36.4 Å². The summed E-state index contributed by atoms with van der Waals surface area (Å²) < 4.78 is 10.6. The fourth-order valence-electron chi connectivity index (χ4n) is 2.19. The van der Waals surface area contributed by atoms with E-state index in [0.717, 1.165) is 22.9 Å². The van der Waals surface area contributed by atoms with Gasteiger partial charge in [0.05, 0.1) is 19.7 Å². The molecule has 0 spiro atoms. The number of aryl methyl sites for hydroxylation is 1. The monoisotopic (exact) mass is 311 g/mol. The summed E-state index contributed by atoms with van der Waals surface area (Å²) in [6.45, 7) is 2.06. The lowest BCUT2D eigenvalue weighted by molar-refractivity contribution is 0.356. The number of hydrogen-bond donors (Lipinski definition) is 1. The van der Waals surface area contributed by atoms with E-state index in [2.05, 4.69) is 32.2 Å². The Morgan fingerprint density at radius 1 is 0.957 bits per heavy atom. The van der Waals surface area contributed by atoms with E-state index in [1.54, 1.807) is 26.6 Å². The van der Waals surface area contributed by atoms with Crippen LogP contribution in [0.2, 0.25) is 0 Å². The number of fused-ring (bicyclic) bond motifs is 1. The first-order valence-corrected chi connectivity index (χ1v) is 7.19. The molecule has 118 valence electrons. The van der Waals surface area contributed by atoms with Crippen LogP contribution >= 0.6 is 0 Å². The second kappa shape index (κ2) is 6.43. The van der Waals surface area contributed by atoms with Crippen molar-refractivity contribution in [1.82, 2.24) is 19.9 Å². The lowest BCUT2D eigenvalue weighted by Crippen LogP contribution is -2.01. The lowest BCUT2D eigenvalue weighted by atomic mass is 10.2. The molecule has 7 heteroatoms. The number of nitrogens with zero attached hydrogens (tertiary/aromatic N) is 4. The number of nitrogens with one attached hydrogen (secondary N) is 1. The maximum absolute atomic E-state index is 5.34. The van der Waals surface area contributed by atoms with Crippen molar-refractivity contribution in [3.8, 4) is 11.5 Å². The van der Waals surface area contributed by atoms with E-state index in [-0.39, 0.29) is 0 Å². The summed E-state index contributed by atoms with van der Waals surface area (Å²) in [7, 11) is 3.18. The van der Waals surface area contributed by atoms with Crippen LogP contribution < -0.4 is 14.8 Å². The summed E-state index contributed by atoms with van der Waals surface area (Å²) in [5.74, 6) is 2.32. The average Bonchev–Trinajstić information content (AvgIpc) is 2.61. The molecule has 1 aromatic carbocycles. The van der Waals surface area contributed by atoms with E-state index >= 15 is 0 Å². The van der Waals surface area contributed by atoms with Crippen LogP contribution in [0, 0.1) is 0 Å². The lowest BCUT2D eigenvalue weighted by Gasteiger charge is -2.11. The second-order valence-corrected chi connectivity index (χ2v) is 4.84. The van der Waals surface area contributed by atoms with E-state index in [4.69, 9.17) is 9.47 Å². The van der Waals surface area contributed by atoms with Gasteiger partial charge in [-0.05, 0) is 18.1 Å². The van der Waals surface area contributed by atoms with Gasteiger partial charge in [0, 0.05) is 23.8 Å². The van der Waals surface area contributed by atoms with Gasteiger partial charge < -0.3 is 14.8 Å². The molecule has 2 aromatic heterocycles. The molecule has 0 saturated carbocycles. The van der Waals surface area contributed by atoms with Gasteiger partial charge in [-0.3, -0.25) is 0 Å². The minimum absolute atomic E-state index is 0.483. The molecular formula is C16H17N5O2. The first kappa shape index (κ1) is 15.0. The van der Waals surface area contributed by atoms with E-state index in [1.807, 2.05) is 12.1 Å². The summed E-state index contributed by atoms with van der Waals surface area (Å²) in [5, 5.41) is 3.92. The van der Waals surface area contributed by atoms with E-state index in [1.165, 1.54) is 6.33 Å². The maximum atomic E-state index is 5.34. The highest BCUT2D eigenvalue weighted by Crippen LogP contribution is 2.33. The Morgan fingerprint density at radius 2 is 1.65 bits per heavy atom. The summed E-state index contributed by atoms with van der Waals surface area (Å²) >= 11 is 0. The van der Waals surface area contributed by atoms with E-state index in [9.17, 15) is 0 Å². The molecule has 23 heavy (non-hydrogen) atoms. The predicted molar refractivity (Wildman–Crippen MR) is 87.3 cm³/mol. The van der Waals surface area contributed by atoms with Crippen LogP contribution in [0.4, 0.5) is 11.8 Å². The van der Waals surface area contributed by atoms with Gasteiger partial charge in [0.2, 0.25) is 5.95 Å². The largest absolute Gasteiger partial charge is 0.493 e. The summed E-state index contributed by atoms with van der Waals surface area (Å²) in [6, 6.07) is 3.64. The number of methoxy groups -OCH3 is 2. The van der Waals surface area contributed by atoms with Crippen molar-refractivity contribution in [2.45, 2.75) is 13.3 Å². The van der Waals surface area contributed by atoms with Crippen molar-refractivity contribution in [2.24, 2.45) is 0 Å². The number of anilines is 2. The van der Waals surface area contributed by atoms with Crippen LogP contribution in [0.5, 0.6) is 11.5 Å². The number of benzene rings is 1. The molecule has 3 aromatic rings. The summed E-state index contributed by atoms with van der Waals surface area (Å²) in [4.78, 5) is 17.1. The zero-order valence-electron chi connectivity index (χ0n) is 13.2. The molecule has 0 fully saturated rings.